The first kappa shape index (κ1) is 19.3. The number of primary amides is 1. The molecule has 5 heteroatoms. The van der Waals surface area contributed by atoms with E-state index in [2.05, 4.69) is 53.1 Å². The van der Waals surface area contributed by atoms with Crippen LogP contribution in [0.4, 0.5) is 5.69 Å². The molecule has 0 radical (unpaired) electrons. The predicted molar refractivity (Wildman–Crippen MR) is 114 cm³/mol. The standard InChI is InChI=1S/C23H28ClN3O/c1-16-10-21(8-9-22(16)24)27(20-6-3-7-20)13-18-5-2-4-17(11-18)12-26-14-19(15-26)23(25)28/h2,4-5,8-11,19-20H,3,6-7,12-15H2,1H3,(H2,25,28). The molecule has 2 aromatic carbocycles. The molecule has 28 heavy (non-hydrogen) atoms. The minimum absolute atomic E-state index is 0.0189. The van der Waals surface area contributed by atoms with E-state index in [1.165, 1.54) is 36.1 Å². The number of nitrogens with zero attached hydrogens (tertiary/aromatic N) is 2. The van der Waals surface area contributed by atoms with Crippen molar-refractivity contribution in [3.05, 3.63) is 64.2 Å². The fourth-order valence-electron chi connectivity index (χ4n) is 4.10. The maximum atomic E-state index is 11.2. The zero-order chi connectivity index (χ0) is 19.7. The number of carbonyl (C=O) groups is 1. The summed E-state index contributed by atoms with van der Waals surface area (Å²) in [7, 11) is 0. The van der Waals surface area contributed by atoms with Gasteiger partial charge >= 0.3 is 0 Å². The number of halogens is 1. The molecule has 2 aliphatic rings. The van der Waals surface area contributed by atoms with Crippen LogP contribution in [0.2, 0.25) is 5.02 Å². The van der Waals surface area contributed by atoms with Crippen molar-refractivity contribution < 1.29 is 4.79 Å². The zero-order valence-electron chi connectivity index (χ0n) is 16.4. The van der Waals surface area contributed by atoms with Crippen LogP contribution >= 0.6 is 11.6 Å². The van der Waals surface area contributed by atoms with Crippen LogP contribution in [0.15, 0.2) is 42.5 Å². The molecule has 148 valence electrons. The van der Waals surface area contributed by atoms with Crippen molar-refractivity contribution in [2.45, 2.75) is 45.3 Å². The highest BCUT2D eigenvalue weighted by atomic mass is 35.5. The van der Waals surface area contributed by atoms with Gasteiger partial charge in [-0.1, -0.05) is 35.9 Å². The lowest BCUT2D eigenvalue weighted by atomic mass is 9.90. The first-order chi connectivity index (χ1) is 13.5. The van der Waals surface area contributed by atoms with E-state index >= 15 is 0 Å². The van der Waals surface area contributed by atoms with Crippen LogP contribution in [0.3, 0.4) is 0 Å². The summed E-state index contributed by atoms with van der Waals surface area (Å²) in [5.41, 5.74) is 10.4. The Labute approximate surface area is 172 Å². The van der Waals surface area contributed by atoms with E-state index in [4.69, 9.17) is 17.3 Å². The number of rotatable bonds is 7. The summed E-state index contributed by atoms with van der Waals surface area (Å²) in [5.74, 6) is -0.162. The van der Waals surface area contributed by atoms with E-state index in [0.717, 1.165) is 36.8 Å². The van der Waals surface area contributed by atoms with Gasteiger partial charge in [0.15, 0.2) is 0 Å². The molecule has 2 fully saturated rings. The number of benzene rings is 2. The fraction of sp³-hybridized carbons (Fsp3) is 0.435. The van der Waals surface area contributed by atoms with Gasteiger partial charge in [-0.3, -0.25) is 9.69 Å². The van der Waals surface area contributed by atoms with Crippen LogP contribution in [-0.2, 0) is 17.9 Å². The lowest BCUT2D eigenvalue weighted by molar-refractivity contribution is -0.127. The molecule has 4 nitrogen and oxygen atoms in total. The highest BCUT2D eigenvalue weighted by Crippen LogP contribution is 2.33. The molecule has 4 rings (SSSR count). The van der Waals surface area contributed by atoms with Crippen molar-refractivity contribution in [3.8, 4) is 0 Å². The molecular formula is C23H28ClN3O. The van der Waals surface area contributed by atoms with Gasteiger partial charge in [-0.15, -0.1) is 0 Å². The van der Waals surface area contributed by atoms with Gasteiger partial charge in [0, 0.05) is 42.9 Å². The van der Waals surface area contributed by atoms with Crippen LogP contribution in [0.5, 0.6) is 0 Å². The van der Waals surface area contributed by atoms with E-state index in [9.17, 15) is 4.79 Å². The Balaban J connectivity index is 1.46. The minimum atomic E-state index is -0.181. The van der Waals surface area contributed by atoms with Crippen LogP contribution in [0.25, 0.3) is 0 Å². The second-order valence-electron chi connectivity index (χ2n) is 8.26. The van der Waals surface area contributed by atoms with E-state index in [1.54, 1.807) is 0 Å². The van der Waals surface area contributed by atoms with E-state index in [-0.39, 0.29) is 11.8 Å². The summed E-state index contributed by atoms with van der Waals surface area (Å²) in [6, 6.07) is 15.8. The van der Waals surface area contributed by atoms with Crippen LogP contribution in [0.1, 0.15) is 36.0 Å². The molecule has 1 saturated heterocycles. The Morgan fingerprint density at radius 3 is 2.57 bits per heavy atom. The average Bonchev–Trinajstić information content (AvgIpc) is 2.58. The first-order valence-electron chi connectivity index (χ1n) is 10.1. The topological polar surface area (TPSA) is 49.6 Å². The second kappa shape index (κ2) is 8.14. The molecule has 0 atom stereocenters. The summed E-state index contributed by atoms with van der Waals surface area (Å²) >= 11 is 6.24. The molecule has 2 N–H and O–H groups in total. The smallest absolute Gasteiger partial charge is 0.223 e. The average molecular weight is 398 g/mol. The third-order valence-corrected chi connectivity index (χ3v) is 6.52. The van der Waals surface area contributed by atoms with E-state index in [0.29, 0.717) is 6.04 Å². The van der Waals surface area contributed by atoms with Crippen LogP contribution in [-0.4, -0.2) is 29.9 Å². The number of amides is 1. The molecule has 1 heterocycles. The largest absolute Gasteiger partial charge is 0.369 e. The second-order valence-corrected chi connectivity index (χ2v) is 8.67. The molecular weight excluding hydrogens is 370 g/mol. The lowest BCUT2D eigenvalue weighted by Gasteiger charge is -2.40. The molecule has 1 amide bonds. The molecule has 0 unspecified atom stereocenters. The minimum Gasteiger partial charge on any atom is -0.369 e. The van der Waals surface area contributed by atoms with Gasteiger partial charge in [0.25, 0.3) is 0 Å². The van der Waals surface area contributed by atoms with Crippen LogP contribution < -0.4 is 10.6 Å². The highest BCUT2D eigenvalue weighted by Gasteiger charge is 2.31. The Morgan fingerprint density at radius 1 is 1.18 bits per heavy atom. The molecule has 0 bridgehead atoms. The van der Waals surface area contributed by atoms with Crippen molar-refractivity contribution in [2.75, 3.05) is 18.0 Å². The summed E-state index contributed by atoms with van der Waals surface area (Å²) < 4.78 is 0. The SMILES string of the molecule is Cc1cc(N(Cc2cccc(CN3CC(C(N)=O)C3)c2)C2CCC2)ccc1Cl. The summed E-state index contributed by atoms with van der Waals surface area (Å²) in [6.45, 7) is 5.40. The number of carbonyl (C=O) groups excluding carboxylic acids is 1. The van der Waals surface area contributed by atoms with Gasteiger partial charge in [0.05, 0.1) is 5.92 Å². The zero-order valence-corrected chi connectivity index (χ0v) is 17.2. The Hall–Kier alpha value is -2.04. The maximum Gasteiger partial charge on any atom is 0.223 e. The molecule has 0 aromatic heterocycles. The first-order valence-corrected chi connectivity index (χ1v) is 10.5. The Morgan fingerprint density at radius 2 is 1.93 bits per heavy atom. The van der Waals surface area contributed by atoms with Crippen molar-refractivity contribution in [1.82, 2.24) is 4.90 Å². The van der Waals surface area contributed by atoms with E-state index < -0.39 is 0 Å². The van der Waals surface area contributed by atoms with Gasteiger partial charge in [-0.2, -0.15) is 0 Å². The summed E-state index contributed by atoms with van der Waals surface area (Å²) in [6.07, 6.45) is 3.82. The molecule has 1 aliphatic carbocycles. The number of likely N-dealkylation sites (tertiary alicyclic amines) is 1. The number of hydrogen-bond donors (Lipinski definition) is 1. The molecule has 1 aliphatic heterocycles. The van der Waals surface area contributed by atoms with Crippen molar-refractivity contribution >= 4 is 23.2 Å². The quantitative estimate of drug-likeness (QED) is 0.764. The van der Waals surface area contributed by atoms with Crippen LogP contribution in [0, 0.1) is 12.8 Å². The molecule has 2 aromatic rings. The van der Waals surface area contributed by atoms with Gasteiger partial charge in [0.1, 0.15) is 0 Å². The van der Waals surface area contributed by atoms with Crippen molar-refractivity contribution in [3.63, 3.8) is 0 Å². The number of nitrogens with two attached hydrogens (primary N) is 1. The number of aryl methyl sites for hydroxylation is 1. The van der Waals surface area contributed by atoms with Gasteiger partial charge in [0.2, 0.25) is 5.91 Å². The summed E-state index contributed by atoms with van der Waals surface area (Å²) in [5, 5.41) is 0.822. The third kappa shape index (κ3) is 4.18. The van der Waals surface area contributed by atoms with Crippen molar-refractivity contribution in [2.24, 2.45) is 11.7 Å². The normalized spacial score (nSPS) is 17.8. The number of hydrogen-bond acceptors (Lipinski definition) is 3. The van der Waals surface area contributed by atoms with E-state index in [1.807, 2.05) is 6.07 Å². The van der Waals surface area contributed by atoms with Gasteiger partial charge in [-0.05, 0) is 61.1 Å². The third-order valence-electron chi connectivity index (χ3n) is 6.10. The predicted octanol–water partition coefficient (Wildman–Crippen LogP) is 4.12. The fourth-order valence-corrected chi connectivity index (χ4v) is 4.21. The monoisotopic (exact) mass is 397 g/mol. The van der Waals surface area contributed by atoms with Gasteiger partial charge < -0.3 is 10.6 Å². The van der Waals surface area contributed by atoms with Gasteiger partial charge in [-0.25, -0.2) is 0 Å². The Kier molecular flexibility index (Phi) is 5.61. The maximum absolute atomic E-state index is 11.2. The Bertz CT molecular complexity index is 859. The molecule has 1 saturated carbocycles. The number of anilines is 1. The lowest BCUT2D eigenvalue weighted by Crippen LogP contribution is -2.51. The molecule has 0 spiro atoms. The van der Waals surface area contributed by atoms with Crippen molar-refractivity contribution in [1.29, 1.82) is 0 Å². The highest BCUT2D eigenvalue weighted by molar-refractivity contribution is 6.31. The summed E-state index contributed by atoms with van der Waals surface area (Å²) in [4.78, 5) is 16.0.